The molecular formula is C20H29F3O4S. The van der Waals surface area contributed by atoms with Crippen LogP contribution in [0.5, 0.6) is 0 Å². The number of rotatable bonds is 2. The van der Waals surface area contributed by atoms with Crippen LogP contribution in [-0.2, 0) is 19.0 Å². The highest BCUT2D eigenvalue weighted by molar-refractivity contribution is 7.87. The molecule has 0 spiro atoms. The molecule has 0 aromatic carbocycles. The van der Waals surface area contributed by atoms with E-state index in [1.807, 2.05) is 6.92 Å². The molecule has 0 radical (unpaired) electrons. The van der Waals surface area contributed by atoms with Crippen molar-refractivity contribution in [3.8, 4) is 0 Å². The van der Waals surface area contributed by atoms with Crippen LogP contribution in [-0.4, -0.2) is 27.1 Å². The second-order valence-corrected chi connectivity index (χ2v) is 11.1. The zero-order valence-electron chi connectivity index (χ0n) is 16.4. The van der Waals surface area contributed by atoms with E-state index in [0.29, 0.717) is 30.6 Å². The molecule has 4 rings (SSSR count). The molecule has 3 aliphatic carbocycles. The number of ether oxygens (including phenoxy) is 1. The van der Waals surface area contributed by atoms with Crippen molar-refractivity contribution in [1.29, 1.82) is 0 Å². The smallest absolute Gasteiger partial charge is 0.381 e. The van der Waals surface area contributed by atoms with E-state index in [2.05, 4.69) is 11.1 Å². The lowest BCUT2D eigenvalue weighted by molar-refractivity contribution is -0.0907. The summed E-state index contributed by atoms with van der Waals surface area (Å²) in [5.41, 5.74) is -5.84. The molecule has 1 saturated heterocycles. The van der Waals surface area contributed by atoms with Gasteiger partial charge in [0.25, 0.3) is 0 Å². The highest BCUT2D eigenvalue weighted by atomic mass is 32.2. The fraction of sp³-hybridized carbons (Fsp3) is 0.900. The van der Waals surface area contributed by atoms with Crippen LogP contribution < -0.4 is 0 Å². The van der Waals surface area contributed by atoms with Crippen molar-refractivity contribution in [2.75, 3.05) is 13.2 Å². The zero-order chi connectivity index (χ0) is 20.4. The molecule has 4 aliphatic rings. The molecule has 0 amide bonds. The lowest BCUT2D eigenvalue weighted by atomic mass is 9.47. The predicted molar refractivity (Wildman–Crippen MR) is 97.5 cm³/mol. The Hall–Kier alpha value is -0.760. The van der Waals surface area contributed by atoms with Gasteiger partial charge < -0.3 is 8.92 Å². The summed E-state index contributed by atoms with van der Waals surface area (Å²) in [5.74, 6) is 1.69. The fourth-order valence-electron chi connectivity index (χ4n) is 6.84. The highest BCUT2D eigenvalue weighted by Gasteiger charge is 2.60. The molecule has 28 heavy (non-hydrogen) atoms. The molecule has 2 saturated carbocycles. The first kappa shape index (κ1) is 20.5. The SMILES string of the molecule is CC12CCC3C(CCC4CCOCCC43C)C1CC=C2OS(=O)(=O)C(F)(F)F. The first-order chi connectivity index (χ1) is 13.0. The van der Waals surface area contributed by atoms with Crippen molar-refractivity contribution in [2.45, 2.75) is 64.3 Å². The standard InChI is InChI=1S/C20H29F3O4S/c1-18-10-12-26-11-8-13(18)3-4-14-15-5-6-17(19(15,2)9-7-16(14)18)27-28(24,25)20(21,22)23/h6,13-16H,3-5,7-12H2,1-2H3. The maximum atomic E-state index is 12.8. The Balaban J connectivity index is 1.58. The monoisotopic (exact) mass is 422 g/mol. The minimum absolute atomic E-state index is 0.00440. The lowest BCUT2D eigenvalue weighted by Gasteiger charge is -2.58. The quantitative estimate of drug-likeness (QED) is 0.463. The van der Waals surface area contributed by atoms with Gasteiger partial charge in [-0.2, -0.15) is 21.6 Å². The van der Waals surface area contributed by atoms with E-state index in [0.717, 1.165) is 45.3 Å². The summed E-state index contributed by atoms with van der Waals surface area (Å²) in [6.45, 7) is 5.85. The first-order valence-corrected chi connectivity index (χ1v) is 11.7. The number of hydrogen-bond donors (Lipinski definition) is 0. The van der Waals surface area contributed by atoms with Crippen molar-refractivity contribution in [1.82, 2.24) is 0 Å². The van der Waals surface area contributed by atoms with Crippen LogP contribution in [0.25, 0.3) is 0 Å². The third-order valence-corrected chi connectivity index (χ3v) is 9.42. The first-order valence-electron chi connectivity index (χ1n) is 10.3. The minimum Gasteiger partial charge on any atom is -0.381 e. The van der Waals surface area contributed by atoms with Crippen LogP contribution in [0, 0.1) is 34.5 Å². The molecule has 0 aromatic heterocycles. The average Bonchev–Trinajstić information content (AvgIpc) is 2.79. The Morgan fingerprint density at radius 3 is 2.54 bits per heavy atom. The summed E-state index contributed by atoms with van der Waals surface area (Å²) in [5, 5.41) is 0. The normalized spacial score (nSPS) is 44.0. The van der Waals surface area contributed by atoms with Crippen LogP contribution in [0.2, 0.25) is 0 Å². The molecule has 0 bridgehead atoms. The van der Waals surface area contributed by atoms with E-state index in [4.69, 9.17) is 4.74 Å². The largest absolute Gasteiger partial charge is 0.534 e. The van der Waals surface area contributed by atoms with Gasteiger partial charge in [0.2, 0.25) is 0 Å². The second kappa shape index (κ2) is 6.62. The lowest BCUT2D eigenvalue weighted by Crippen LogP contribution is -2.51. The Morgan fingerprint density at radius 1 is 1.07 bits per heavy atom. The predicted octanol–water partition coefficient (Wildman–Crippen LogP) is 5.02. The van der Waals surface area contributed by atoms with Crippen molar-refractivity contribution in [2.24, 2.45) is 34.5 Å². The van der Waals surface area contributed by atoms with E-state index in [9.17, 15) is 21.6 Å². The van der Waals surface area contributed by atoms with Gasteiger partial charge >= 0.3 is 15.6 Å². The Morgan fingerprint density at radius 2 is 1.82 bits per heavy atom. The van der Waals surface area contributed by atoms with Gasteiger partial charge in [0.15, 0.2) is 0 Å². The summed E-state index contributed by atoms with van der Waals surface area (Å²) in [6, 6.07) is 0. The molecule has 6 unspecified atom stereocenters. The third-order valence-electron chi connectivity index (χ3n) is 8.45. The number of fused-ring (bicyclic) bond motifs is 5. The van der Waals surface area contributed by atoms with E-state index in [1.54, 1.807) is 6.08 Å². The number of allylic oxidation sites excluding steroid dienone is 2. The molecule has 8 heteroatoms. The summed E-state index contributed by atoms with van der Waals surface area (Å²) in [4.78, 5) is 0. The van der Waals surface area contributed by atoms with E-state index < -0.39 is 21.0 Å². The molecule has 3 fully saturated rings. The average molecular weight is 423 g/mol. The molecule has 160 valence electrons. The molecule has 0 aromatic rings. The van der Waals surface area contributed by atoms with Crippen molar-refractivity contribution in [3.05, 3.63) is 11.8 Å². The molecular weight excluding hydrogens is 393 g/mol. The maximum Gasteiger partial charge on any atom is 0.534 e. The third kappa shape index (κ3) is 3.01. The number of alkyl halides is 3. The van der Waals surface area contributed by atoms with Crippen molar-refractivity contribution in [3.63, 3.8) is 0 Å². The van der Waals surface area contributed by atoms with Crippen molar-refractivity contribution < 1.29 is 30.5 Å². The summed E-state index contributed by atoms with van der Waals surface area (Å²) in [7, 11) is -5.62. The maximum absolute atomic E-state index is 12.8. The molecule has 4 nitrogen and oxygen atoms in total. The fourth-order valence-corrected chi connectivity index (χ4v) is 7.43. The van der Waals surface area contributed by atoms with Gasteiger partial charge in [-0.05, 0) is 80.1 Å². The Bertz CT molecular complexity index is 762. The van der Waals surface area contributed by atoms with Crippen LogP contribution in [0.4, 0.5) is 13.2 Å². The summed E-state index contributed by atoms with van der Waals surface area (Å²) < 4.78 is 72.0. The van der Waals surface area contributed by atoms with Gasteiger partial charge in [0.05, 0.1) is 0 Å². The topological polar surface area (TPSA) is 52.6 Å². The van der Waals surface area contributed by atoms with Gasteiger partial charge in [0, 0.05) is 18.6 Å². The second-order valence-electron chi connectivity index (χ2n) is 9.55. The summed E-state index contributed by atoms with van der Waals surface area (Å²) in [6.07, 6.45) is 8.04. The van der Waals surface area contributed by atoms with E-state index in [1.165, 1.54) is 0 Å². The molecule has 6 atom stereocenters. The molecule has 1 heterocycles. The van der Waals surface area contributed by atoms with E-state index in [-0.39, 0.29) is 17.1 Å². The van der Waals surface area contributed by atoms with Gasteiger partial charge in [-0.1, -0.05) is 13.8 Å². The number of hydrogen-bond acceptors (Lipinski definition) is 4. The zero-order valence-corrected chi connectivity index (χ0v) is 17.2. The van der Waals surface area contributed by atoms with Gasteiger partial charge in [-0.3, -0.25) is 0 Å². The highest BCUT2D eigenvalue weighted by Crippen LogP contribution is 2.65. The Labute approximate surface area is 165 Å². The van der Waals surface area contributed by atoms with Crippen LogP contribution >= 0.6 is 0 Å². The van der Waals surface area contributed by atoms with Crippen molar-refractivity contribution >= 4 is 10.1 Å². The van der Waals surface area contributed by atoms with Gasteiger partial charge in [0.1, 0.15) is 5.76 Å². The van der Waals surface area contributed by atoms with Crippen LogP contribution in [0.15, 0.2) is 11.8 Å². The van der Waals surface area contributed by atoms with Crippen LogP contribution in [0.3, 0.4) is 0 Å². The molecule has 0 N–H and O–H groups in total. The number of halogens is 3. The van der Waals surface area contributed by atoms with Gasteiger partial charge in [-0.15, -0.1) is 0 Å². The minimum atomic E-state index is -5.62. The molecule has 1 aliphatic heterocycles. The van der Waals surface area contributed by atoms with Gasteiger partial charge in [-0.25, -0.2) is 0 Å². The summed E-state index contributed by atoms with van der Waals surface area (Å²) >= 11 is 0. The van der Waals surface area contributed by atoms with Crippen LogP contribution in [0.1, 0.15) is 58.8 Å². The Kier molecular flexibility index (Phi) is 4.85. The van der Waals surface area contributed by atoms with E-state index >= 15 is 0 Å².